The lowest BCUT2D eigenvalue weighted by atomic mass is 10.3. The zero-order valence-corrected chi connectivity index (χ0v) is 10.3. The highest BCUT2D eigenvalue weighted by molar-refractivity contribution is 7.91. The monoisotopic (exact) mass is 235 g/mol. The average molecular weight is 235 g/mol. The molecule has 0 bridgehead atoms. The van der Waals surface area contributed by atoms with Crippen LogP contribution in [0.2, 0.25) is 0 Å². The maximum Gasteiger partial charge on any atom is 0.188 e. The van der Waals surface area contributed by atoms with E-state index in [0.717, 1.165) is 12.8 Å². The van der Waals surface area contributed by atoms with E-state index in [9.17, 15) is 8.42 Å². The zero-order chi connectivity index (χ0) is 11.7. The van der Waals surface area contributed by atoms with E-state index >= 15 is 0 Å². The van der Waals surface area contributed by atoms with Crippen LogP contribution in [0.25, 0.3) is 0 Å². The van der Waals surface area contributed by atoms with E-state index in [1.165, 1.54) is 0 Å². The molecule has 0 unspecified atom stereocenters. The second kappa shape index (κ2) is 7.50. The number of unbranched alkanes of at least 4 members (excludes halogenated alkanes) is 1. The first-order chi connectivity index (χ1) is 7.02. The molecule has 0 rings (SSSR count). The molecule has 0 aliphatic rings. The molecule has 0 aromatic carbocycles. The summed E-state index contributed by atoms with van der Waals surface area (Å²) in [7, 11) is -2.91. The van der Waals surface area contributed by atoms with Crippen LogP contribution in [-0.4, -0.2) is 39.0 Å². The van der Waals surface area contributed by atoms with E-state index in [1.54, 1.807) is 6.92 Å². The van der Waals surface area contributed by atoms with Crippen LogP contribution in [0.1, 0.15) is 26.7 Å². The van der Waals surface area contributed by atoms with Crippen LogP contribution in [0, 0.1) is 0 Å². The summed E-state index contributed by atoms with van der Waals surface area (Å²) in [6.07, 6.45) is 2.07. The van der Waals surface area contributed by atoms with Crippen molar-refractivity contribution in [1.82, 2.24) is 5.32 Å². The highest BCUT2D eigenvalue weighted by Crippen LogP contribution is 1.88. The van der Waals surface area contributed by atoms with Gasteiger partial charge in [-0.3, -0.25) is 4.99 Å². The predicted molar refractivity (Wildman–Crippen MR) is 63.7 cm³/mol. The summed E-state index contributed by atoms with van der Waals surface area (Å²) in [5.41, 5.74) is 5.53. The fourth-order valence-electron chi connectivity index (χ4n) is 0.892. The van der Waals surface area contributed by atoms with E-state index in [4.69, 9.17) is 5.73 Å². The first kappa shape index (κ1) is 14.2. The third-order valence-electron chi connectivity index (χ3n) is 1.95. The molecule has 15 heavy (non-hydrogen) atoms. The van der Waals surface area contributed by atoms with E-state index in [0.29, 0.717) is 19.0 Å². The van der Waals surface area contributed by atoms with E-state index in [-0.39, 0.29) is 11.5 Å². The van der Waals surface area contributed by atoms with Crippen molar-refractivity contribution in [2.24, 2.45) is 10.7 Å². The Hall–Kier alpha value is -0.780. The molecule has 3 N–H and O–H groups in total. The third-order valence-corrected chi connectivity index (χ3v) is 3.66. The van der Waals surface area contributed by atoms with Gasteiger partial charge in [0.25, 0.3) is 0 Å². The fourth-order valence-corrected chi connectivity index (χ4v) is 1.59. The van der Waals surface area contributed by atoms with Crippen molar-refractivity contribution >= 4 is 15.8 Å². The van der Waals surface area contributed by atoms with Gasteiger partial charge in [-0.05, 0) is 6.42 Å². The molecule has 0 aromatic rings. The van der Waals surface area contributed by atoms with Crippen LogP contribution in [0.5, 0.6) is 0 Å². The van der Waals surface area contributed by atoms with Crippen molar-refractivity contribution in [3.8, 4) is 0 Å². The Morgan fingerprint density at radius 1 is 1.40 bits per heavy atom. The molecule has 0 aromatic heterocycles. The van der Waals surface area contributed by atoms with Crippen molar-refractivity contribution in [3.63, 3.8) is 0 Å². The van der Waals surface area contributed by atoms with E-state index < -0.39 is 9.84 Å². The molecule has 0 fully saturated rings. The topological polar surface area (TPSA) is 84.5 Å². The molecule has 5 nitrogen and oxygen atoms in total. The van der Waals surface area contributed by atoms with Gasteiger partial charge in [-0.2, -0.15) is 0 Å². The van der Waals surface area contributed by atoms with Crippen molar-refractivity contribution in [2.45, 2.75) is 26.7 Å². The molecular formula is C9H21N3O2S. The van der Waals surface area contributed by atoms with Crippen LogP contribution in [-0.2, 0) is 9.84 Å². The van der Waals surface area contributed by atoms with Gasteiger partial charge in [-0.25, -0.2) is 8.42 Å². The van der Waals surface area contributed by atoms with Crippen LogP contribution >= 0.6 is 0 Å². The Bertz CT molecular complexity index is 286. The molecule has 0 saturated heterocycles. The summed E-state index contributed by atoms with van der Waals surface area (Å²) in [5, 5.41) is 2.78. The fraction of sp³-hybridized carbons (Fsp3) is 0.889. The summed E-state index contributed by atoms with van der Waals surface area (Å²) >= 11 is 0. The lowest BCUT2D eigenvalue weighted by molar-refractivity contribution is 0.596. The first-order valence-electron chi connectivity index (χ1n) is 5.26. The summed E-state index contributed by atoms with van der Waals surface area (Å²) in [6.45, 7) is 4.73. The van der Waals surface area contributed by atoms with Crippen molar-refractivity contribution in [2.75, 3.05) is 24.6 Å². The number of aliphatic imine (C=N–C) groups is 1. The molecule has 0 atom stereocenters. The molecule has 6 heteroatoms. The smallest absolute Gasteiger partial charge is 0.188 e. The van der Waals surface area contributed by atoms with Gasteiger partial charge in [0.05, 0.1) is 5.75 Å². The normalized spacial score (nSPS) is 12.8. The molecule has 0 spiro atoms. The van der Waals surface area contributed by atoms with Crippen LogP contribution in [0.15, 0.2) is 4.99 Å². The van der Waals surface area contributed by atoms with Gasteiger partial charge in [0.2, 0.25) is 0 Å². The Morgan fingerprint density at radius 2 is 2.07 bits per heavy atom. The highest BCUT2D eigenvalue weighted by atomic mass is 32.2. The standard InChI is InChI=1S/C9H21N3O2S/c1-3-5-6-11-9(10)12-7-8-15(13,14)4-2/h3-8H2,1-2H3,(H3,10,11,12). The third kappa shape index (κ3) is 8.23. The number of nitrogens with zero attached hydrogens (tertiary/aromatic N) is 1. The largest absolute Gasteiger partial charge is 0.370 e. The van der Waals surface area contributed by atoms with Gasteiger partial charge >= 0.3 is 0 Å². The van der Waals surface area contributed by atoms with Gasteiger partial charge in [-0.15, -0.1) is 0 Å². The summed E-state index contributed by atoms with van der Waals surface area (Å²) in [4.78, 5) is 4.05. The highest BCUT2D eigenvalue weighted by Gasteiger charge is 2.06. The second-order valence-corrected chi connectivity index (χ2v) is 5.76. The maximum absolute atomic E-state index is 11.1. The quantitative estimate of drug-likeness (QED) is 0.373. The number of nitrogens with two attached hydrogens (primary N) is 1. The van der Waals surface area contributed by atoms with Crippen molar-refractivity contribution in [3.05, 3.63) is 0 Å². The lowest BCUT2D eigenvalue weighted by Crippen LogP contribution is -2.35. The van der Waals surface area contributed by atoms with Gasteiger partial charge < -0.3 is 11.1 Å². The summed E-state index contributed by atoms with van der Waals surface area (Å²) in [5.74, 6) is 0.601. The molecule has 0 aliphatic heterocycles. The molecular weight excluding hydrogens is 214 g/mol. The average Bonchev–Trinajstić information content (AvgIpc) is 2.18. The zero-order valence-electron chi connectivity index (χ0n) is 9.49. The minimum absolute atomic E-state index is 0.105. The number of guanidine groups is 1. The van der Waals surface area contributed by atoms with Crippen LogP contribution < -0.4 is 11.1 Å². The molecule has 0 aliphatic carbocycles. The minimum Gasteiger partial charge on any atom is -0.370 e. The number of hydrogen-bond acceptors (Lipinski definition) is 3. The van der Waals surface area contributed by atoms with E-state index in [2.05, 4.69) is 17.2 Å². The van der Waals surface area contributed by atoms with Gasteiger partial charge in [-0.1, -0.05) is 20.3 Å². The van der Waals surface area contributed by atoms with Crippen molar-refractivity contribution in [1.29, 1.82) is 0 Å². The summed E-state index contributed by atoms with van der Waals surface area (Å²) < 4.78 is 22.2. The Morgan fingerprint density at radius 3 is 2.60 bits per heavy atom. The van der Waals surface area contributed by atoms with Crippen LogP contribution in [0.3, 0.4) is 0 Å². The second-order valence-electron chi connectivity index (χ2n) is 3.28. The molecule has 0 heterocycles. The first-order valence-corrected chi connectivity index (χ1v) is 7.08. The summed E-state index contributed by atoms with van der Waals surface area (Å²) in [6, 6.07) is 0. The number of nitrogens with one attached hydrogen (secondary N) is 1. The number of hydrogen-bond donors (Lipinski definition) is 2. The Labute approximate surface area is 92.1 Å². The lowest BCUT2D eigenvalue weighted by Gasteiger charge is -2.05. The molecule has 90 valence electrons. The van der Waals surface area contributed by atoms with Gasteiger partial charge in [0, 0.05) is 18.8 Å². The van der Waals surface area contributed by atoms with Crippen molar-refractivity contribution < 1.29 is 8.42 Å². The minimum atomic E-state index is -2.91. The van der Waals surface area contributed by atoms with E-state index in [1.807, 2.05) is 0 Å². The molecule has 0 radical (unpaired) electrons. The molecule has 0 amide bonds. The van der Waals surface area contributed by atoms with Crippen LogP contribution in [0.4, 0.5) is 0 Å². The number of sulfone groups is 1. The Kier molecular flexibility index (Phi) is 7.11. The van der Waals surface area contributed by atoms with Gasteiger partial charge in [0.15, 0.2) is 15.8 Å². The molecule has 0 saturated carbocycles. The Balaban J connectivity index is 3.72. The number of rotatable bonds is 7. The van der Waals surface area contributed by atoms with Gasteiger partial charge in [0.1, 0.15) is 0 Å². The maximum atomic E-state index is 11.1. The SMILES string of the molecule is CCCCN=C(N)NCCS(=O)(=O)CC. The predicted octanol–water partition coefficient (Wildman–Crippen LogP) is 0.126.